The molecule has 1 aromatic carbocycles. The van der Waals surface area contributed by atoms with Gasteiger partial charge in [-0.05, 0) is 37.1 Å². The van der Waals surface area contributed by atoms with Gasteiger partial charge >= 0.3 is 6.61 Å². The normalized spacial score (nSPS) is 12.1. The van der Waals surface area contributed by atoms with Crippen molar-refractivity contribution in [2.75, 3.05) is 0 Å². The molecule has 1 atom stereocenters. The number of nitrogens with two attached hydrogens (primary N) is 1. The van der Waals surface area contributed by atoms with Crippen molar-refractivity contribution < 1.29 is 13.5 Å². The van der Waals surface area contributed by atoms with Crippen molar-refractivity contribution in [3.63, 3.8) is 0 Å². The Balaban J connectivity index is 0.00000196. The summed E-state index contributed by atoms with van der Waals surface area (Å²) in [6, 6.07) is 4.66. The molecule has 0 aliphatic carbocycles. The molecule has 0 spiro atoms. The summed E-state index contributed by atoms with van der Waals surface area (Å²) < 4.78 is 28.0. The second-order valence-electron chi connectivity index (χ2n) is 3.19. The van der Waals surface area contributed by atoms with Crippen LogP contribution in [0.5, 0.6) is 5.75 Å². The highest BCUT2D eigenvalue weighted by Gasteiger charge is 2.07. The second kappa shape index (κ2) is 5.88. The lowest BCUT2D eigenvalue weighted by Gasteiger charge is -2.11. The minimum atomic E-state index is -2.78. The van der Waals surface area contributed by atoms with Gasteiger partial charge < -0.3 is 10.5 Å². The average molecular weight is 238 g/mol. The minimum Gasteiger partial charge on any atom is -0.435 e. The van der Waals surface area contributed by atoms with E-state index in [1.54, 1.807) is 12.1 Å². The molecule has 0 radical (unpaired) electrons. The smallest absolute Gasteiger partial charge is 0.387 e. The number of rotatable bonds is 3. The largest absolute Gasteiger partial charge is 0.435 e. The van der Waals surface area contributed by atoms with Crippen LogP contribution in [0.3, 0.4) is 0 Å². The van der Waals surface area contributed by atoms with Gasteiger partial charge in [-0.1, -0.05) is 6.07 Å². The summed E-state index contributed by atoms with van der Waals surface area (Å²) in [4.78, 5) is 0. The number of alkyl halides is 2. The summed E-state index contributed by atoms with van der Waals surface area (Å²) in [5.74, 6) is 0.168. The number of hydrogen-bond donors (Lipinski definition) is 1. The van der Waals surface area contributed by atoms with Gasteiger partial charge in [0.2, 0.25) is 0 Å². The fourth-order valence-corrected chi connectivity index (χ4v) is 1.34. The Morgan fingerprint density at radius 1 is 1.33 bits per heavy atom. The maximum absolute atomic E-state index is 11.9. The maximum atomic E-state index is 11.9. The van der Waals surface area contributed by atoms with Gasteiger partial charge in [0.1, 0.15) is 5.75 Å². The molecule has 1 unspecified atom stereocenters. The summed E-state index contributed by atoms with van der Waals surface area (Å²) in [6.45, 7) is 0.878. The Labute approximate surface area is 93.8 Å². The van der Waals surface area contributed by atoms with E-state index in [4.69, 9.17) is 5.73 Å². The fraction of sp³-hybridized carbons (Fsp3) is 0.400. The van der Waals surface area contributed by atoms with Crippen molar-refractivity contribution in [3.8, 4) is 5.75 Å². The van der Waals surface area contributed by atoms with Crippen LogP contribution in [0, 0.1) is 6.92 Å². The molecule has 2 N–H and O–H groups in total. The molecule has 0 aromatic heterocycles. The van der Waals surface area contributed by atoms with Crippen molar-refractivity contribution in [2.24, 2.45) is 5.73 Å². The van der Waals surface area contributed by atoms with E-state index in [0.29, 0.717) is 0 Å². The molecule has 0 saturated heterocycles. The molecule has 5 heteroatoms. The molecule has 0 saturated carbocycles. The molecule has 0 amide bonds. The zero-order chi connectivity index (χ0) is 10.7. The Kier molecular flexibility index (Phi) is 5.54. The number of halogens is 3. The molecule has 0 aliphatic heterocycles. The van der Waals surface area contributed by atoms with Crippen LogP contribution >= 0.6 is 12.4 Å². The van der Waals surface area contributed by atoms with E-state index < -0.39 is 6.61 Å². The first-order valence-corrected chi connectivity index (χ1v) is 4.31. The van der Waals surface area contributed by atoms with Crippen molar-refractivity contribution >= 4 is 12.4 Å². The molecule has 1 aromatic rings. The number of aryl methyl sites for hydroxylation is 1. The lowest BCUT2D eigenvalue weighted by molar-refractivity contribution is -0.0498. The zero-order valence-electron chi connectivity index (χ0n) is 8.54. The highest BCUT2D eigenvalue weighted by Crippen LogP contribution is 2.22. The lowest BCUT2D eigenvalue weighted by atomic mass is 10.0. The third kappa shape index (κ3) is 4.01. The van der Waals surface area contributed by atoms with E-state index in [-0.39, 0.29) is 24.2 Å². The molecule has 2 nitrogen and oxygen atoms in total. The molecule has 15 heavy (non-hydrogen) atoms. The SMILES string of the molecule is Cc1cc(OC(F)F)ccc1C(C)N.Cl. The van der Waals surface area contributed by atoms with E-state index in [0.717, 1.165) is 11.1 Å². The average Bonchev–Trinajstić information content (AvgIpc) is 2.01. The third-order valence-corrected chi connectivity index (χ3v) is 1.96. The summed E-state index contributed by atoms with van der Waals surface area (Å²) in [5.41, 5.74) is 7.47. The van der Waals surface area contributed by atoms with Crippen LogP contribution in [0.1, 0.15) is 24.1 Å². The van der Waals surface area contributed by atoms with Gasteiger partial charge in [0.25, 0.3) is 0 Å². The first-order chi connectivity index (χ1) is 6.50. The van der Waals surface area contributed by atoms with Gasteiger partial charge in [-0.3, -0.25) is 0 Å². The summed E-state index contributed by atoms with van der Waals surface area (Å²) in [5, 5.41) is 0. The highest BCUT2D eigenvalue weighted by atomic mass is 35.5. The van der Waals surface area contributed by atoms with Crippen molar-refractivity contribution in [2.45, 2.75) is 26.5 Å². The van der Waals surface area contributed by atoms with E-state index in [9.17, 15) is 8.78 Å². The third-order valence-electron chi connectivity index (χ3n) is 1.96. The minimum absolute atomic E-state index is 0. The summed E-state index contributed by atoms with van der Waals surface area (Å²) in [6.07, 6.45) is 0. The quantitative estimate of drug-likeness (QED) is 0.877. The van der Waals surface area contributed by atoms with Crippen molar-refractivity contribution in [1.29, 1.82) is 0 Å². The molecular formula is C10H14ClF2NO. The highest BCUT2D eigenvalue weighted by molar-refractivity contribution is 5.85. The van der Waals surface area contributed by atoms with Crippen LogP contribution in [-0.2, 0) is 0 Å². The van der Waals surface area contributed by atoms with Gasteiger partial charge in [-0.25, -0.2) is 0 Å². The van der Waals surface area contributed by atoms with Crippen molar-refractivity contribution in [3.05, 3.63) is 29.3 Å². The molecule has 0 fully saturated rings. The standard InChI is InChI=1S/C10H13F2NO.ClH/c1-6-5-8(14-10(11)12)3-4-9(6)7(2)13;/h3-5,7,10H,13H2,1-2H3;1H. The number of hydrogen-bond acceptors (Lipinski definition) is 2. The molecule has 1 rings (SSSR count). The Bertz CT molecular complexity index is 318. The zero-order valence-corrected chi connectivity index (χ0v) is 9.35. The maximum Gasteiger partial charge on any atom is 0.387 e. The fourth-order valence-electron chi connectivity index (χ4n) is 1.34. The first kappa shape index (κ1) is 14.1. The summed E-state index contributed by atoms with van der Waals surface area (Å²) >= 11 is 0. The van der Waals surface area contributed by atoms with Gasteiger partial charge in [0.05, 0.1) is 0 Å². The van der Waals surface area contributed by atoms with Gasteiger partial charge in [0, 0.05) is 6.04 Å². The summed E-state index contributed by atoms with van der Waals surface area (Å²) in [7, 11) is 0. The van der Waals surface area contributed by atoms with E-state index in [2.05, 4.69) is 4.74 Å². The Morgan fingerprint density at radius 3 is 2.33 bits per heavy atom. The second-order valence-corrected chi connectivity index (χ2v) is 3.19. The van der Waals surface area contributed by atoms with E-state index in [1.165, 1.54) is 6.07 Å². The number of benzene rings is 1. The van der Waals surface area contributed by atoms with Crippen LogP contribution in [0.25, 0.3) is 0 Å². The van der Waals surface area contributed by atoms with Gasteiger partial charge in [0.15, 0.2) is 0 Å². The molecule has 86 valence electrons. The molecule has 0 bridgehead atoms. The van der Waals surface area contributed by atoms with Gasteiger partial charge in [-0.2, -0.15) is 8.78 Å². The van der Waals surface area contributed by atoms with Crippen LogP contribution in [0.15, 0.2) is 18.2 Å². The Morgan fingerprint density at radius 2 is 1.93 bits per heavy atom. The molecular weight excluding hydrogens is 224 g/mol. The van der Waals surface area contributed by atoms with Crippen LogP contribution in [-0.4, -0.2) is 6.61 Å². The number of ether oxygens (including phenoxy) is 1. The van der Waals surface area contributed by atoms with Crippen LogP contribution < -0.4 is 10.5 Å². The van der Waals surface area contributed by atoms with Crippen LogP contribution in [0.2, 0.25) is 0 Å². The predicted octanol–water partition coefficient (Wildman–Crippen LogP) is 3.04. The van der Waals surface area contributed by atoms with Gasteiger partial charge in [-0.15, -0.1) is 12.4 Å². The molecule has 0 aliphatic rings. The molecule has 0 heterocycles. The topological polar surface area (TPSA) is 35.2 Å². The van der Waals surface area contributed by atoms with E-state index in [1.807, 2.05) is 13.8 Å². The lowest BCUT2D eigenvalue weighted by Crippen LogP contribution is -2.08. The van der Waals surface area contributed by atoms with E-state index >= 15 is 0 Å². The van der Waals surface area contributed by atoms with Crippen molar-refractivity contribution in [1.82, 2.24) is 0 Å². The van der Waals surface area contributed by atoms with Crippen LogP contribution in [0.4, 0.5) is 8.78 Å². The monoisotopic (exact) mass is 237 g/mol. The Hall–Kier alpha value is -0.870. The first-order valence-electron chi connectivity index (χ1n) is 4.31. The predicted molar refractivity (Wildman–Crippen MR) is 57.7 cm³/mol.